The molecular weight excluding hydrogens is 356 g/mol. The van der Waals surface area contributed by atoms with Crippen LogP contribution in [0.1, 0.15) is 41.4 Å². The lowest BCUT2D eigenvalue weighted by Gasteiger charge is -2.34. The van der Waals surface area contributed by atoms with Crippen molar-refractivity contribution in [2.75, 3.05) is 13.2 Å². The zero-order valence-electron chi connectivity index (χ0n) is 15.8. The Bertz CT molecular complexity index is 933. The molecule has 1 amide bonds. The second-order valence-electron chi connectivity index (χ2n) is 7.18. The van der Waals surface area contributed by atoms with Gasteiger partial charge in [-0.25, -0.2) is 4.98 Å². The number of piperidine rings is 1. The van der Waals surface area contributed by atoms with Crippen LogP contribution in [0, 0.1) is 13.8 Å². The average Bonchev–Trinajstić information content (AvgIpc) is 3.12. The number of rotatable bonds is 4. The van der Waals surface area contributed by atoms with Crippen molar-refractivity contribution in [1.82, 2.24) is 9.88 Å². The summed E-state index contributed by atoms with van der Waals surface area (Å²) in [4.78, 5) is 19.7. The lowest BCUT2D eigenvalue weighted by atomic mass is 10.0. The lowest BCUT2D eigenvalue weighted by molar-refractivity contribution is -0.137. The Balaban J connectivity index is 1.51. The number of para-hydroxylation sites is 1. The molecule has 4 nitrogen and oxygen atoms in total. The molecule has 0 spiro atoms. The molecule has 2 heterocycles. The van der Waals surface area contributed by atoms with Crippen molar-refractivity contribution in [3.63, 3.8) is 0 Å². The summed E-state index contributed by atoms with van der Waals surface area (Å²) < 4.78 is 7.05. The van der Waals surface area contributed by atoms with Crippen LogP contribution in [-0.4, -0.2) is 28.9 Å². The van der Waals surface area contributed by atoms with Crippen LogP contribution >= 0.6 is 11.3 Å². The molecule has 1 fully saturated rings. The molecule has 4 rings (SSSR count). The van der Waals surface area contributed by atoms with E-state index in [2.05, 4.69) is 12.1 Å². The summed E-state index contributed by atoms with van der Waals surface area (Å²) in [6.07, 6.45) is 3.13. The van der Waals surface area contributed by atoms with Gasteiger partial charge in [-0.05, 0) is 62.4 Å². The van der Waals surface area contributed by atoms with Gasteiger partial charge in [0.15, 0.2) is 6.61 Å². The van der Waals surface area contributed by atoms with E-state index in [-0.39, 0.29) is 18.6 Å². The average molecular weight is 381 g/mol. The summed E-state index contributed by atoms with van der Waals surface area (Å²) in [6.45, 7) is 4.88. The molecule has 1 aliphatic rings. The maximum Gasteiger partial charge on any atom is 0.261 e. The van der Waals surface area contributed by atoms with E-state index in [0.29, 0.717) is 0 Å². The van der Waals surface area contributed by atoms with Gasteiger partial charge in [0.05, 0.1) is 16.3 Å². The number of ether oxygens (including phenoxy) is 1. The number of aryl methyl sites for hydroxylation is 2. The number of amides is 1. The summed E-state index contributed by atoms with van der Waals surface area (Å²) in [5.74, 6) is 0.830. The molecule has 1 atom stereocenters. The Kier molecular flexibility index (Phi) is 5.12. The number of benzene rings is 2. The second kappa shape index (κ2) is 7.69. The van der Waals surface area contributed by atoms with Crippen molar-refractivity contribution in [3.8, 4) is 5.75 Å². The minimum atomic E-state index is 0.0415. The van der Waals surface area contributed by atoms with Gasteiger partial charge in [0.25, 0.3) is 5.91 Å². The van der Waals surface area contributed by atoms with Gasteiger partial charge < -0.3 is 9.64 Å². The van der Waals surface area contributed by atoms with Crippen molar-refractivity contribution >= 4 is 27.5 Å². The molecule has 1 aromatic heterocycles. The van der Waals surface area contributed by atoms with Crippen LogP contribution in [-0.2, 0) is 4.79 Å². The molecule has 27 heavy (non-hydrogen) atoms. The molecule has 0 radical (unpaired) electrons. The highest BCUT2D eigenvalue weighted by atomic mass is 32.1. The van der Waals surface area contributed by atoms with Crippen LogP contribution in [0.15, 0.2) is 42.5 Å². The van der Waals surface area contributed by atoms with Crippen LogP contribution in [0.25, 0.3) is 10.2 Å². The second-order valence-corrected chi connectivity index (χ2v) is 8.24. The number of carbonyl (C=O) groups is 1. The number of carbonyl (C=O) groups excluding carboxylic acids is 1. The van der Waals surface area contributed by atoms with Crippen molar-refractivity contribution in [1.29, 1.82) is 0 Å². The summed E-state index contributed by atoms with van der Waals surface area (Å²) in [6, 6.07) is 14.3. The molecule has 3 aromatic rings. The standard InChI is InChI=1S/C22H24N2O2S/c1-15-10-11-16(2)19(13-15)26-14-21(25)24-12-6-5-8-18(24)22-23-17-7-3-4-9-20(17)27-22/h3-4,7,9-11,13,18H,5-6,8,12,14H2,1-2H3. The first-order chi connectivity index (χ1) is 13.1. The SMILES string of the molecule is Cc1ccc(C)c(OCC(=O)N2CCCCC2c2nc3ccccc3s2)c1. The summed E-state index contributed by atoms with van der Waals surface area (Å²) in [5, 5.41) is 1.04. The Hall–Kier alpha value is -2.40. The maximum absolute atomic E-state index is 12.9. The molecule has 0 N–H and O–H groups in total. The largest absolute Gasteiger partial charge is 0.483 e. The van der Waals surface area contributed by atoms with Gasteiger partial charge in [-0.1, -0.05) is 24.3 Å². The van der Waals surface area contributed by atoms with Crippen molar-refractivity contribution < 1.29 is 9.53 Å². The number of aromatic nitrogens is 1. The van der Waals surface area contributed by atoms with E-state index in [1.165, 1.54) is 4.70 Å². The normalized spacial score (nSPS) is 17.3. The zero-order valence-corrected chi connectivity index (χ0v) is 16.6. The molecule has 2 aromatic carbocycles. The maximum atomic E-state index is 12.9. The quantitative estimate of drug-likeness (QED) is 0.636. The fraction of sp³-hybridized carbons (Fsp3) is 0.364. The van der Waals surface area contributed by atoms with Gasteiger partial charge >= 0.3 is 0 Å². The van der Waals surface area contributed by atoms with E-state index in [4.69, 9.17) is 9.72 Å². The van der Waals surface area contributed by atoms with Gasteiger partial charge in [0.2, 0.25) is 0 Å². The van der Waals surface area contributed by atoms with E-state index in [9.17, 15) is 4.79 Å². The first-order valence-electron chi connectivity index (χ1n) is 9.47. The monoisotopic (exact) mass is 380 g/mol. The molecule has 5 heteroatoms. The topological polar surface area (TPSA) is 42.4 Å². The van der Waals surface area contributed by atoms with Gasteiger partial charge in [-0.3, -0.25) is 4.79 Å². The number of hydrogen-bond donors (Lipinski definition) is 0. The smallest absolute Gasteiger partial charge is 0.261 e. The van der Waals surface area contributed by atoms with Crippen LogP contribution in [0.4, 0.5) is 0 Å². The minimum Gasteiger partial charge on any atom is -0.483 e. The van der Waals surface area contributed by atoms with E-state index in [1.807, 2.05) is 49.1 Å². The predicted octanol–water partition coefficient (Wildman–Crippen LogP) is 5.05. The van der Waals surface area contributed by atoms with Crippen LogP contribution in [0.5, 0.6) is 5.75 Å². The summed E-state index contributed by atoms with van der Waals surface area (Å²) >= 11 is 1.70. The number of thiazole rings is 1. The van der Waals surface area contributed by atoms with Crippen LogP contribution < -0.4 is 4.74 Å². The van der Waals surface area contributed by atoms with E-state index in [0.717, 1.165) is 53.2 Å². The van der Waals surface area contributed by atoms with Crippen molar-refractivity contribution in [2.24, 2.45) is 0 Å². The van der Waals surface area contributed by atoms with Crippen molar-refractivity contribution in [2.45, 2.75) is 39.2 Å². The Morgan fingerprint density at radius 2 is 2.07 bits per heavy atom. The molecule has 1 aliphatic heterocycles. The third kappa shape index (κ3) is 3.83. The number of fused-ring (bicyclic) bond motifs is 1. The van der Waals surface area contributed by atoms with Crippen molar-refractivity contribution in [3.05, 3.63) is 58.6 Å². The summed E-state index contributed by atoms with van der Waals surface area (Å²) in [5.41, 5.74) is 3.20. The Morgan fingerprint density at radius 3 is 2.93 bits per heavy atom. The minimum absolute atomic E-state index is 0.0415. The lowest BCUT2D eigenvalue weighted by Crippen LogP contribution is -2.41. The number of likely N-dealkylation sites (tertiary alicyclic amines) is 1. The van der Waals surface area contributed by atoms with Crippen LogP contribution in [0.3, 0.4) is 0 Å². The Morgan fingerprint density at radius 1 is 1.22 bits per heavy atom. The van der Waals surface area contributed by atoms with E-state index < -0.39 is 0 Å². The van der Waals surface area contributed by atoms with Gasteiger partial charge in [0, 0.05) is 6.54 Å². The molecule has 140 valence electrons. The third-order valence-electron chi connectivity index (χ3n) is 5.11. The fourth-order valence-electron chi connectivity index (χ4n) is 3.60. The molecule has 1 saturated heterocycles. The first-order valence-corrected chi connectivity index (χ1v) is 10.3. The van der Waals surface area contributed by atoms with E-state index in [1.54, 1.807) is 11.3 Å². The zero-order chi connectivity index (χ0) is 18.8. The van der Waals surface area contributed by atoms with Gasteiger partial charge in [-0.2, -0.15) is 0 Å². The number of nitrogens with zero attached hydrogens (tertiary/aromatic N) is 2. The van der Waals surface area contributed by atoms with Crippen LogP contribution in [0.2, 0.25) is 0 Å². The molecule has 0 bridgehead atoms. The Labute approximate surface area is 163 Å². The summed E-state index contributed by atoms with van der Waals surface area (Å²) in [7, 11) is 0. The molecule has 1 unspecified atom stereocenters. The first kappa shape index (κ1) is 18.0. The molecule has 0 saturated carbocycles. The van der Waals surface area contributed by atoms with Gasteiger partial charge in [0.1, 0.15) is 10.8 Å². The third-order valence-corrected chi connectivity index (χ3v) is 6.25. The van der Waals surface area contributed by atoms with E-state index >= 15 is 0 Å². The fourth-order valence-corrected chi connectivity index (χ4v) is 4.72. The highest BCUT2D eigenvalue weighted by Gasteiger charge is 2.30. The highest BCUT2D eigenvalue weighted by molar-refractivity contribution is 7.18. The molecule has 0 aliphatic carbocycles. The number of hydrogen-bond acceptors (Lipinski definition) is 4. The van der Waals surface area contributed by atoms with Gasteiger partial charge in [-0.15, -0.1) is 11.3 Å². The highest BCUT2D eigenvalue weighted by Crippen LogP contribution is 2.35. The molecular formula is C22H24N2O2S. The predicted molar refractivity (Wildman–Crippen MR) is 109 cm³/mol.